The minimum atomic E-state index is 0.163. The molecule has 0 saturated carbocycles. The maximum atomic E-state index is 5.78. The van der Waals surface area contributed by atoms with Crippen LogP contribution in [0.3, 0.4) is 0 Å². The molecule has 2 rings (SSSR count). The van der Waals surface area contributed by atoms with Crippen molar-refractivity contribution in [3.8, 4) is 5.75 Å². The lowest BCUT2D eigenvalue weighted by molar-refractivity contribution is -0.0464. The van der Waals surface area contributed by atoms with E-state index in [-0.39, 0.29) is 6.10 Å². The molecule has 0 aromatic heterocycles. The van der Waals surface area contributed by atoms with E-state index in [2.05, 4.69) is 11.8 Å². The van der Waals surface area contributed by atoms with Crippen LogP contribution in [0.2, 0.25) is 0 Å². The Morgan fingerprint density at radius 2 is 2.33 bits per heavy atom. The molecule has 0 aliphatic carbocycles. The van der Waals surface area contributed by atoms with Gasteiger partial charge in [-0.15, -0.1) is 0 Å². The molecule has 100 valence electrons. The Morgan fingerprint density at radius 1 is 1.50 bits per heavy atom. The molecule has 1 aliphatic rings. The van der Waals surface area contributed by atoms with E-state index in [9.17, 15) is 0 Å². The van der Waals surface area contributed by atoms with E-state index < -0.39 is 0 Å². The third-order valence-corrected chi connectivity index (χ3v) is 3.35. The fourth-order valence-corrected chi connectivity index (χ4v) is 2.10. The lowest BCUT2D eigenvalue weighted by Crippen LogP contribution is -2.44. The standard InChI is InChI=1S/C14H22N2O2/c1-3-16-6-7-17-13(9-16)10-18-12-4-5-14(15)11(2)8-12/h4-5,8,13H,3,6-7,9-10,15H2,1-2H3. The quantitative estimate of drug-likeness (QED) is 0.826. The van der Waals surface area contributed by atoms with Crippen LogP contribution in [0, 0.1) is 6.92 Å². The van der Waals surface area contributed by atoms with Crippen LogP contribution in [0.25, 0.3) is 0 Å². The van der Waals surface area contributed by atoms with Crippen LogP contribution in [0.4, 0.5) is 5.69 Å². The number of hydrogen-bond donors (Lipinski definition) is 1. The van der Waals surface area contributed by atoms with Crippen molar-refractivity contribution in [2.45, 2.75) is 20.0 Å². The van der Waals surface area contributed by atoms with Gasteiger partial charge < -0.3 is 15.2 Å². The molecule has 1 aliphatic heterocycles. The summed E-state index contributed by atoms with van der Waals surface area (Å²) in [4.78, 5) is 2.38. The molecule has 1 fully saturated rings. The van der Waals surface area contributed by atoms with Crippen molar-refractivity contribution in [3.05, 3.63) is 23.8 Å². The molecule has 0 spiro atoms. The summed E-state index contributed by atoms with van der Waals surface area (Å²) >= 11 is 0. The van der Waals surface area contributed by atoms with Crippen molar-refractivity contribution in [1.82, 2.24) is 4.90 Å². The summed E-state index contributed by atoms with van der Waals surface area (Å²) in [6, 6.07) is 5.75. The molecular weight excluding hydrogens is 228 g/mol. The van der Waals surface area contributed by atoms with E-state index in [0.717, 1.165) is 43.2 Å². The van der Waals surface area contributed by atoms with Gasteiger partial charge in [-0.05, 0) is 37.2 Å². The molecule has 0 radical (unpaired) electrons. The van der Waals surface area contributed by atoms with Crippen LogP contribution >= 0.6 is 0 Å². The van der Waals surface area contributed by atoms with Crippen molar-refractivity contribution in [1.29, 1.82) is 0 Å². The average molecular weight is 250 g/mol. The molecule has 18 heavy (non-hydrogen) atoms. The first-order chi connectivity index (χ1) is 8.69. The Morgan fingerprint density at radius 3 is 3.06 bits per heavy atom. The second-order valence-electron chi connectivity index (χ2n) is 4.72. The summed E-state index contributed by atoms with van der Waals surface area (Å²) in [6.07, 6.45) is 0.163. The van der Waals surface area contributed by atoms with Crippen LogP contribution in [0.15, 0.2) is 18.2 Å². The van der Waals surface area contributed by atoms with Crippen molar-refractivity contribution < 1.29 is 9.47 Å². The number of aryl methyl sites for hydroxylation is 1. The molecule has 1 aromatic rings. The molecule has 0 amide bonds. The fourth-order valence-electron chi connectivity index (χ4n) is 2.10. The zero-order valence-corrected chi connectivity index (χ0v) is 11.2. The number of nitrogens with zero attached hydrogens (tertiary/aromatic N) is 1. The molecule has 1 heterocycles. The number of ether oxygens (including phenoxy) is 2. The number of nitrogen functional groups attached to an aromatic ring is 1. The van der Waals surface area contributed by atoms with Crippen LogP contribution in [0.5, 0.6) is 5.75 Å². The highest BCUT2D eigenvalue weighted by atomic mass is 16.5. The van der Waals surface area contributed by atoms with Gasteiger partial charge >= 0.3 is 0 Å². The third kappa shape index (κ3) is 3.37. The monoisotopic (exact) mass is 250 g/mol. The maximum Gasteiger partial charge on any atom is 0.119 e. The van der Waals surface area contributed by atoms with E-state index in [4.69, 9.17) is 15.2 Å². The SMILES string of the molecule is CCN1CCOC(COc2ccc(N)c(C)c2)C1. The topological polar surface area (TPSA) is 47.7 Å². The normalized spacial score (nSPS) is 20.9. The Kier molecular flexibility index (Phi) is 4.44. The number of rotatable bonds is 4. The number of nitrogens with two attached hydrogens (primary N) is 1. The second kappa shape index (κ2) is 6.07. The molecule has 4 nitrogen and oxygen atoms in total. The highest BCUT2D eigenvalue weighted by molar-refractivity contribution is 5.49. The van der Waals surface area contributed by atoms with Gasteiger partial charge in [0.1, 0.15) is 18.5 Å². The van der Waals surface area contributed by atoms with Gasteiger partial charge in [0.05, 0.1) is 6.61 Å². The summed E-state index contributed by atoms with van der Waals surface area (Å²) in [6.45, 7) is 8.59. The average Bonchev–Trinajstić information content (AvgIpc) is 2.40. The van der Waals surface area contributed by atoms with E-state index in [0.29, 0.717) is 6.61 Å². The van der Waals surface area contributed by atoms with Gasteiger partial charge in [-0.2, -0.15) is 0 Å². The minimum Gasteiger partial charge on any atom is -0.491 e. The molecule has 0 bridgehead atoms. The smallest absolute Gasteiger partial charge is 0.119 e. The summed E-state index contributed by atoms with van der Waals surface area (Å²) < 4.78 is 11.5. The van der Waals surface area contributed by atoms with E-state index >= 15 is 0 Å². The minimum absolute atomic E-state index is 0.163. The van der Waals surface area contributed by atoms with Crippen LogP contribution in [-0.4, -0.2) is 43.9 Å². The number of anilines is 1. The summed E-state index contributed by atoms with van der Waals surface area (Å²) in [5.41, 5.74) is 7.62. The number of hydrogen-bond acceptors (Lipinski definition) is 4. The summed E-state index contributed by atoms with van der Waals surface area (Å²) in [5.74, 6) is 0.860. The first-order valence-corrected chi connectivity index (χ1v) is 6.52. The van der Waals surface area contributed by atoms with Gasteiger partial charge in [0.2, 0.25) is 0 Å². The van der Waals surface area contributed by atoms with Crippen LogP contribution in [-0.2, 0) is 4.74 Å². The molecule has 4 heteroatoms. The first-order valence-electron chi connectivity index (χ1n) is 6.52. The number of morpholine rings is 1. The zero-order chi connectivity index (χ0) is 13.0. The van der Waals surface area contributed by atoms with E-state index in [1.807, 2.05) is 25.1 Å². The van der Waals surface area contributed by atoms with Crippen LogP contribution in [0.1, 0.15) is 12.5 Å². The molecule has 1 aromatic carbocycles. The molecular formula is C14H22N2O2. The highest BCUT2D eigenvalue weighted by Crippen LogP contribution is 2.19. The predicted molar refractivity (Wildman–Crippen MR) is 72.9 cm³/mol. The molecule has 1 unspecified atom stereocenters. The van der Waals surface area contributed by atoms with Crippen molar-refractivity contribution in [2.75, 3.05) is 38.6 Å². The van der Waals surface area contributed by atoms with E-state index in [1.165, 1.54) is 0 Å². The summed E-state index contributed by atoms with van der Waals surface area (Å²) in [5, 5.41) is 0. The Bertz CT molecular complexity index is 395. The zero-order valence-electron chi connectivity index (χ0n) is 11.2. The predicted octanol–water partition coefficient (Wildman–Crippen LogP) is 1.68. The molecule has 1 atom stereocenters. The van der Waals surface area contributed by atoms with Gasteiger partial charge in [-0.1, -0.05) is 6.92 Å². The Hall–Kier alpha value is -1.26. The lowest BCUT2D eigenvalue weighted by atomic mass is 10.2. The van der Waals surface area contributed by atoms with E-state index in [1.54, 1.807) is 0 Å². The number of benzene rings is 1. The third-order valence-electron chi connectivity index (χ3n) is 3.35. The second-order valence-corrected chi connectivity index (χ2v) is 4.72. The first kappa shape index (κ1) is 13.2. The van der Waals surface area contributed by atoms with Crippen LogP contribution < -0.4 is 10.5 Å². The molecule has 2 N–H and O–H groups in total. The van der Waals surface area contributed by atoms with Gasteiger partial charge in [0.25, 0.3) is 0 Å². The largest absolute Gasteiger partial charge is 0.491 e. The van der Waals surface area contributed by atoms with Crippen molar-refractivity contribution >= 4 is 5.69 Å². The molecule has 1 saturated heterocycles. The van der Waals surface area contributed by atoms with Gasteiger partial charge in [0, 0.05) is 18.8 Å². The highest BCUT2D eigenvalue weighted by Gasteiger charge is 2.19. The van der Waals surface area contributed by atoms with Crippen molar-refractivity contribution in [3.63, 3.8) is 0 Å². The Balaban J connectivity index is 1.85. The van der Waals surface area contributed by atoms with Crippen molar-refractivity contribution in [2.24, 2.45) is 0 Å². The number of likely N-dealkylation sites (N-methyl/N-ethyl adjacent to an activating group) is 1. The lowest BCUT2D eigenvalue weighted by Gasteiger charge is -2.31. The summed E-state index contributed by atoms with van der Waals surface area (Å²) in [7, 11) is 0. The Labute approximate surface area is 109 Å². The van der Waals surface area contributed by atoms with Gasteiger partial charge in [-0.25, -0.2) is 0 Å². The fraction of sp³-hybridized carbons (Fsp3) is 0.571. The van der Waals surface area contributed by atoms with Gasteiger partial charge in [-0.3, -0.25) is 4.90 Å². The maximum absolute atomic E-state index is 5.78. The van der Waals surface area contributed by atoms with Gasteiger partial charge in [0.15, 0.2) is 0 Å².